The highest BCUT2D eigenvalue weighted by Crippen LogP contribution is 2.40. The molecule has 9 rings (SSSR count). The van der Waals surface area contributed by atoms with E-state index in [1.54, 1.807) is 59.3 Å². The van der Waals surface area contributed by atoms with E-state index in [0.717, 1.165) is 46.4 Å². The van der Waals surface area contributed by atoms with Gasteiger partial charge in [-0.05, 0) is 142 Å². The maximum Gasteiger partial charge on any atom is 0.522 e. The lowest BCUT2D eigenvalue weighted by atomic mass is 9.80. The number of thiophene rings is 1. The normalized spacial score (nSPS) is 10.7. The highest BCUT2D eigenvalue weighted by molar-refractivity contribution is 14.1. The molecule has 8 aromatic carbocycles. The van der Waals surface area contributed by atoms with Crippen LogP contribution in [0.25, 0.3) is 42.4 Å². The molecule has 0 spiro atoms. The molecule has 0 saturated heterocycles. The number of alkyl halides is 3. The van der Waals surface area contributed by atoms with Crippen molar-refractivity contribution in [3.05, 3.63) is 205 Å². The van der Waals surface area contributed by atoms with Crippen LogP contribution >= 0.6 is 168 Å². The van der Waals surface area contributed by atoms with Gasteiger partial charge in [0.05, 0.1) is 10.8 Å². The molecule has 0 aliphatic carbocycles. The molecule has 6 N–H and O–H groups in total. The first-order valence-electron chi connectivity index (χ1n) is 22.3. The molecule has 1 atom stereocenters. The number of rotatable bonds is 6. The van der Waals surface area contributed by atoms with E-state index in [1.807, 2.05) is 72.8 Å². The van der Waals surface area contributed by atoms with Gasteiger partial charge in [-0.3, -0.25) is 24.1 Å². The van der Waals surface area contributed by atoms with Crippen LogP contribution in [0.1, 0.15) is 14.4 Å². The van der Waals surface area contributed by atoms with E-state index in [2.05, 4.69) is 172 Å². The molecule has 83 heavy (non-hydrogen) atoms. The van der Waals surface area contributed by atoms with Crippen LogP contribution in [0.4, 0.5) is 13.2 Å². The summed E-state index contributed by atoms with van der Waals surface area (Å²) in [4.78, 5) is 12.5. The predicted octanol–water partition coefficient (Wildman–Crippen LogP) is 20.4. The summed E-state index contributed by atoms with van der Waals surface area (Å²) in [6, 6.07) is 53.0. The van der Waals surface area contributed by atoms with Crippen LogP contribution in [-0.4, -0.2) is 80.2 Å². The number of hydrogen-bond acceptors (Lipinski definition) is 11. The number of halogens is 12. The number of aliphatic carboxylic acids is 1. The van der Waals surface area contributed by atoms with Crippen molar-refractivity contribution in [1.29, 1.82) is 0 Å². The van der Waals surface area contributed by atoms with Crippen LogP contribution in [0, 0.1) is 3.57 Å². The monoisotopic (exact) mass is 1680 g/mol. The van der Waals surface area contributed by atoms with Crippen molar-refractivity contribution in [1.82, 2.24) is 0 Å². The molecule has 0 saturated carbocycles. The van der Waals surface area contributed by atoms with Gasteiger partial charge in [-0.25, -0.2) is 0 Å². The lowest BCUT2D eigenvalue weighted by molar-refractivity contribution is -0.176. The lowest BCUT2D eigenvalue weighted by Gasteiger charge is -2.09. The summed E-state index contributed by atoms with van der Waals surface area (Å²) in [7, 11) is -8.31. The van der Waals surface area contributed by atoms with E-state index in [4.69, 9.17) is 89.8 Å². The summed E-state index contributed by atoms with van der Waals surface area (Å²) >= 11 is 44.9. The predicted molar refractivity (Wildman–Crippen MR) is 368 cm³/mol. The third-order valence-electron chi connectivity index (χ3n) is 9.73. The van der Waals surface area contributed by atoms with Crippen LogP contribution in [0.15, 0.2) is 196 Å². The number of carboxylic acid groups (broad SMARTS) is 1. The molecule has 9 aromatic rings. The summed E-state index contributed by atoms with van der Waals surface area (Å²) in [5.41, 5.74) is -0.744. The van der Waals surface area contributed by atoms with Crippen LogP contribution in [-0.2, 0) is 25.7 Å². The minimum absolute atomic E-state index is 0. The van der Waals surface area contributed by atoms with Crippen molar-refractivity contribution >= 4 is 227 Å². The zero-order chi connectivity index (χ0) is 62.1. The second-order valence-corrected chi connectivity index (χ2v) is 27.2. The molecule has 0 fully saturated rings. The van der Waals surface area contributed by atoms with Crippen molar-refractivity contribution < 1.29 is 60.8 Å². The van der Waals surface area contributed by atoms with Crippen molar-refractivity contribution in [2.24, 2.45) is 0 Å². The average molecular weight is 1690 g/mol. The van der Waals surface area contributed by atoms with Crippen molar-refractivity contribution in [3.8, 4) is 22.3 Å². The summed E-state index contributed by atoms with van der Waals surface area (Å²) in [5, 5.41) is 42.3. The maximum atomic E-state index is 11.7. The molecular weight excluding hydrogens is 1640 g/mol. The zero-order valence-electron chi connectivity index (χ0n) is 42.6. The number of thioether (sulfide) groups is 2. The van der Waals surface area contributed by atoms with Gasteiger partial charge in [0.25, 0.3) is 5.97 Å². The smallest absolute Gasteiger partial charge is 0.481 e. The van der Waals surface area contributed by atoms with Crippen molar-refractivity contribution in [2.45, 2.75) is 34.5 Å². The zero-order valence-corrected chi connectivity index (χ0v) is 58.2. The summed E-state index contributed by atoms with van der Waals surface area (Å²) in [6.07, 6.45) is 5.86. The fourth-order valence-electron chi connectivity index (χ4n) is 6.32. The Morgan fingerprint density at radius 1 is 0.614 bits per heavy atom. The van der Waals surface area contributed by atoms with Gasteiger partial charge < -0.3 is 15.2 Å². The fourth-order valence-corrected chi connectivity index (χ4v) is 14.3. The number of carbonyl (C=O) groups is 1. The largest absolute Gasteiger partial charge is 0.522 e. The van der Waals surface area contributed by atoms with Crippen molar-refractivity contribution in [2.75, 3.05) is 18.8 Å². The van der Waals surface area contributed by atoms with Gasteiger partial charge in [0.15, 0.2) is 0 Å². The van der Waals surface area contributed by atoms with Crippen LogP contribution < -0.4 is 5.46 Å². The lowest BCUT2D eigenvalue weighted by Crippen LogP contribution is -2.30. The Morgan fingerprint density at radius 3 is 1.47 bits per heavy atom. The Morgan fingerprint density at radius 2 is 1.02 bits per heavy atom. The minimum Gasteiger partial charge on any atom is -0.481 e. The molecule has 28 heteroatoms. The van der Waals surface area contributed by atoms with E-state index in [-0.39, 0.29) is 7.43 Å². The van der Waals surface area contributed by atoms with Gasteiger partial charge in [0.1, 0.15) is 0 Å². The SMILES string of the molecule is C.CC(=O)O.CS(=O)c1ccccc1-c1ccc(Cl)cc1Br.CSc1ccccc1-c1ccc(Cl)cc1Br.CSc1ccccc1I.Clc1cc(Br)c2c(c1)sc1ccccc12.O=S(=O)(O)C(F)(F)F.OB(O)c1ccc(Cl)cc1Br.OO. The second-order valence-electron chi connectivity index (χ2n) is 15.4. The molecule has 1 unspecified atom stereocenters. The molecule has 0 aliphatic heterocycles. The van der Waals surface area contributed by atoms with E-state index in [1.165, 1.54) is 44.7 Å². The topological polar surface area (TPSA) is 190 Å². The molecule has 0 radical (unpaired) electrons. The molecule has 1 heterocycles. The first kappa shape index (κ1) is 78.7. The molecular formula is C55H49BBr4Cl4F3IO10S5. The molecule has 0 bridgehead atoms. The number of carboxylic acids is 1. The highest BCUT2D eigenvalue weighted by atomic mass is 127. The van der Waals surface area contributed by atoms with Gasteiger partial charge >= 0.3 is 22.7 Å². The Hall–Kier alpha value is -2.29. The van der Waals surface area contributed by atoms with Crippen LogP contribution in [0.5, 0.6) is 0 Å². The Kier molecular flexibility index (Phi) is 37.5. The first-order valence-corrected chi connectivity index (χ1v) is 34.3. The molecule has 446 valence electrons. The van der Waals surface area contributed by atoms with Crippen LogP contribution in [0.3, 0.4) is 0 Å². The summed E-state index contributed by atoms with van der Waals surface area (Å²) < 4.78 is 76.7. The summed E-state index contributed by atoms with van der Waals surface area (Å²) in [5.74, 6) is -0.833. The van der Waals surface area contributed by atoms with Gasteiger partial charge in [0.2, 0.25) is 0 Å². The Labute approximate surface area is 562 Å². The number of benzene rings is 8. The van der Waals surface area contributed by atoms with Gasteiger partial charge in [-0.2, -0.15) is 21.6 Å². The van der Waals surface area contributed by atoms with Gasteiger partial charge in [-0.1, -0.05) is 202 Å². The molecule has 10 nitrogen and oxygen atoms in total. The second kappa shape index (κ2) is 39.6. The van der Waals surface area contributed by atoms with Crippen molar-refractivity contribution in [3.63, 3.8) is 0 Å². The number of hydrogen-bond donors (Lipinski definition) is 6. The molecule has 0 amide bonds. The minimum atomic E-state index is -5.84. The Bertz CT molecular complexity index is 3670. The van der Waals surface area contributed by atoms with E-state index in [9.17, 15) is 17.4 Å². The number of fused-ring (bicyclic) bond motifs is 3. The quantitative estimate of drug-likeness (QED) is 0.0176. The van der Waals surface area contributed by atoms with E-state index in [0.29, 0.717) is 20.0 Å². The molecule has 1 aromatic heterocycles. The van der Waals surface area contributed by atoms with E-state index < -0.39 is 39.5 Å². The fraction of sp³-hybridized carbons (Fsp3) is 0.109. The molecule has 0 aliphatic rings. The first-order chi connectivity index (χ1) is 38.5. The third kappa shape index (κ3) is 26.9. The van der Waals surface area contributed by atoms with Gasteiger partial charge in [0, 0.05) is 89.6 Å². The van der Waals surface area contributed by atoms with Crippen LogP contribution in [0.2, 0.25) is 20.1 Å². The maximum absolute atomic E-state index is 11.7. The average Bonchev–Trinajstić information content (AvgIpc) is 4.06. The van der Waals surface area contributed by atoms with E-state index >= 15 is 0 Å². The standard InChI is InChI=1S/C13H10BrClOS.C13H10BrClS.C12H6BrClS.C7H7IS.C6H5BBrClO2.C2H4O2.CHF3O3S.CH4.H2O2/c1-17(16)13-5-3-2-4-11(13)10-7-6-9(15)8-12(10)14;1-16-13-5-3-2-4-11(13)10-7-6-9(15)8-12(10)14;13-9-5-7(14)6-11-12(9)8-3-1-2-4-10(8)15-11;1-9-7-5-3-2-4-6(7)8;8-6-3-4(9)1-2-5(6)7(10)11;1-2(3)4;2-1(3,4)8(5,6)7;;1-2/h2-8H,1H3;2-8H,1H3;1-6H;2-5H,1H3;1-3,10-11H;1H3,(H,3,4);(H,5,6,7);1H4;1-2H. The summed E-state index contributed by atoms with van der Waals surface area (Å²) in [6.45, 7) is 1.08. The van der Waals surface area contributed by atoms with Gasteiger partial charge in [-0.15, -0.1) is 34.9 Å². The third-order valence-corrected chi connectivity index (χ3v) is 18.9. The highest BCUT2D eigenvalue weighted by Gasteiger charge is 2.44. The Balaban J connectivity index is 0.000000496.